The van der Waals surface area contributed by atoms with Crippen LogP contribution in [0.1, 0.15) is 18.5 Å². The number of carbonyl (C=O) groups excluding carboxylic acids is 1. The molecule has 0 fully saturated rings. The molecular formula is C12H13BrF3NO2. The molecule has 7 heteroatoms. The summed E-state index contributed by atoms with van der Waals surface area (Å²) in [7, 11) is 0. The minimum atomic E-state index is -4.42. The van der Waals surface area contributed by atoms with Gasteiger partial charge in [0.2, 0.25) is 5.91 Å². The van der Waals surface area contributed by atoms with Crippen molar-refractivity contribution >= 4 is 21.8 Å². The zero-order valence-corrected chi connectivity index (χ0v) is 11.7. The van der Waals surface area contributed by atoms with Crippen molar-refractivity contribution in [2.75, 3.05) is 13.2 Å². The van der Waals surface area contributed by atoms with Crippen LogP contribution in [-0.4, -0.2) is 25.3 Å². The molecule has 0 aromatic heterocycles. The molecule has 0 heterocycles. The Hall–Kier alpha value is -1.08. The first-order valence-electron chi connectivity index (χ1n) is 5.47. The number of carbonyl (C=O) groups is 1. The van der Waals surface area contributed by atoms with E-state index in [1.165, 1.54) is 0 Å². The van der Waals surface area contributed by atoms with E-state index in [-0.39, 0.29) is 6.04 Å². The molecule has 0 spiro atoms. The molecule has 1 aromatic rings. The van der Waals surface area contributed by atoms with Gasteiger partial charge in [-0.05, 0) is 24.6 Å². The van der Waals surface area contributed by atoms with Gasteiger partial charge in [0.1, 0.15) is 13.2 Å². The van der Waals surface area contributed by atoms with Crippen LogP contribution in [0.25, 0.3) is 0 Å². The van der Waals surface area contributed by atoms with Gasteiger partial charge in [0, 0.05) is 4.47 Å². The number of halogens is 4. The Bertz CT molecular complexity index is 420. The van der Waals surface area contributed by atoms with E-state index in [4.69, 9.17) is 0 Å². The van der Waals surface area contributed by atoms with Crippen molar-refractivity contribution in [2.45, 2.75) is 19.1 Å². The maximum Gasteiger partial charge on any atom is 0.411 e. The lowest BCUT2D eigenvalue weighted by molar-refractivity contribution is -0.175. The third-order valence-corrected chi connectivity index (χ3v) is 2.78. The molecule has 1 amide bonds. The zero-order chi connectivity index (χ0) is 14.5. The summed E-state index contributed by atoms with van der Waals surface area (Å²) in [5.41, 5.74) is 0.854. The van der Waals surface area contributed by atoms with Gasteiger partial charge in [-0.3, -0.25) is 4.79 Å². The first-order valence-corrected chi connectivity index (χ1v) is 6.26. The molecule has 0 bridgehead atoms. The molecular weight excluding hydrogens is 327 g/mol. The van der Waals surface area contributed by atoms with Crippen LogP contribution in [0.4, 0.5) is 13.2 Å². The molecule has 3 nitrogen and oxygen atoms in total. The molecule has 0 aliphatic rings. The van der Waals surface area contributed by atoms with E-state index in [1.54, 1.807) is 6.92 Å². The quantitative estimate of drug-likeness (QED) is 0.894. The molecule has 1 unspecified atom stereocenters. The number of hydrogen-bond acceptors (Lipinski definition) is 2. The maximum atomic E-state index is 11.8. The lowest BCUT2D eigenvalue weighted by Crippen LogP contribution is -2.31. The Morgan fingerprint density at radius 2 is 1.95 bits per heavy atom. The van der Waals surface area contributed by atoms with Gasteiger partial charge >= 0.3 is 6.18 Å². The minimum Gasteiger partial charge on any atom is -0.362 e. The van der Waals surface area contributed by atoms with Crippen molar-refractivity contribution in [1.82, 2.24) is 5.32 Å². The molecule has 106 valence electrons. The third-order valence-electron chi connectivity index (χ3n) is 2.25. The average molecular weight is 340 g/mol. The van der Waals surface area contributed by atoms with Crippen molar-refractivity contribution in [2.24, 2.45) is 0 Å². The van der Waals surface area contributed by atoms with Crippen LogP contribution in [0.3, 0.4) is 0 Å². The SMILES string of the molecule is CC(NC(=O)COCC(F)(F)F)c1ccc(Br)cc1. The number of ether oxygens (including phenoxy) is 1. The summed E-state index contributed by atoms with van der Waals surface area (Å²) in [6.07, 6.45) is -4.42. The molecule has 0 aliphatic carbocycles. The highest BCUT2D eigenvalue weighted by Gasteiger charge is 2.27. The van der Waals surface area contributed by atoms with Crippen LogP contribution in [0, 0.1) is 0 Å². The van der Waals surface area contributed by atoms with E-state index >= 15 is 0 Å². The summed E-state index contributed by atoms with van der Waals surface area (Å²) in [4.78, 5) is 11.4. The number of nitrogens with one attached hydrogen (secondary N) is 1. The van der Waals surface area contributed by atoms with Crippen LogP contribution in [-0.2, 0) is 9.53 Å². The third kappa shape index (κ3) is 6.58. The van der Waals surface area contributed by atoms with E-state index < -0.39 is 25.3 Å². The molecule has 1 aromatic carbocycles. The van der Waals surface area contributed by atoms with E-state index in [1.807, 2.05) is 24.3 Å². The second-order valence-electron chi connectivity index (χ2n) is 3.95. The van der Waals surface area contributed by atoms with Crippen molar-refractivity contribution in [3.8, 4) is 0 Å². The molecule has 0 saturated heterocycles. The highest BCUT2D eigenvalue weighted by atomic mass is 79.9. The summed E-state index contributed by atoms with van der Waals surface area (Å²) in [5.74, 6) is -0.584. The van der Waals surface area contributed by atoms with Gasteiger partial charge < -0.3 is 10.1 Å². The van der Waals surface area contributed by atoms with Crippen molar-refractivity contribution in [3.05, 3.63) is 34.3 Å². The Kier molecular flexibility index (Phi) is 5.81. The Balaban J connectivity index is 2.38. The van der Waals surface area contributed by atoms with Gasteiger partial charge in [-0.2, -0.15) is 13.2 Å². The van der Waals surface area contributed by atoms with Crippen LogP contribution < -0.4 is 5.32 Å². The van der Waals surface area contributed by atoms with Crippen molar-refractivity contribution in [3.63, 3.8) is 0 Å². The molecule has 1 atom stereocenters. The van der Waals surface area contributed by atoms with Crippen molar-refractivity contribution in [1.29, 1.82) is 0 Å². The summed E-state index contributed by atoms with van der Waals surface area (Å²) in [6, 6.07) is 6.96. The van der Waals surface area contributed by atoms with Gasteiger partial charge in [0.15, 0.2) is 0 Å². The number of amides is 1. The van der Waals surface area contributed by atoms with Crippen LogP contribution in [0.5, 0.6) is 0 Å². The minimum absolute atomic E-state index is 0.296. The van der Waals surface area contributed by atoms with Gasteiger partial charge in [0.25, 0.3) is 0 Å². The second kappa shape index (κ2) is 6.91. The molecule has 19 heavy (non-hydrogen) atoms. The normalized spacial score (nSPS) is 13.1. The first kappa shape index (κ1) is 16.0. The predicted octanol–water partition coefficient (Wildman–Crippen LogP) is 3.21. The van der Waals surface area contributed by atoms with Crippen LogP contribution >= 0.6 is 15.9 Å². The fraction of sp³-hybridized carbons (Fsp3) is 0.417. The number of hydrogen-bond donors (Lipinski definition) is 1. The van der Waals surface area contributed by atoms with Crippen molar-refractivity contribution < 1.29 is 22.7 Å². The molecule has 0 aliphatic heterocycles. The fourth-order valence-electron chi connectivity index (χ4n) is 1.38. The topological polar surface area (TPSA) is 38.3 Å². The van der Waals surface area contributed by atoms with Crippen LogP contribution in [0.2, 0.25) is 0 Å². The molecule has 1 N–H and O–H groups in total. The Labute approximate surface area is 117 Å². The van der Waals surface area contributed by atoms with Gasteiger partial charge in [-0.1, -0.05) is 28.1 Å². The molecule has 0 radical (unpaired) electrons. The summed E-state index contributed by atoms with van der Waals surface area (Å²) < 4.78 is 40.6. The molecule has 1 rings (SSSR count). The lowest BCUT2D eigenvalue weighted by Gasteiger charge is -2.15. The van der Waals surface area contributed by atoms with Gasteiger partial charge in [-0.15, -0.1) is 0 Å². The first-order chi connectivity index (χ1) is 8.78. The van der Waals surface area contributed by atoms with E-state index in [2.05, 4.69) is 26.0 Å². The van der Waals surface area contributed by atoms with Gasteiger partial charge in [0.05, 0.1) is 6.04 Å². The smallest absolute Gasteiger partial charge is 0.362 e. The monoisotopic (exact) mass is 339 g/mol. The number of rotatable bonds is 5. The highest BCUT2D eigenvalue weighted by molar-refractivity contribution is 9.10. The van der Waals surface area contributed by atoms with E-state index in [0.29, 0.717) is 0 Å². The fourth-order valence-corrected chi connectivity index (χ4v) is 1.64. The average Bonchev–Trinajstić information content (AvgIpc) is 2.27. The summed E-state index contributed by atoms with van der Waals surface area (Å²) in [6.45, 7) is -0.293. The Morgan fingerprint density at radius 1 is 1.37 bits per heavy atom. The lowest BCUT2D eigenvalue weighted by atomic mass is 10.1. The predicted molar refractivity (Wildman–Crippen MR) is 67.6 cm³/mol. The second-order valence-corrected chi connectivity index (χ2v) is 4.86. The van der Waals surface area contributed by atoms with E-state index in [9.17, 15) is 18.0 Å². The van der Waals surface area contributed by atoms with Gasteiger partial charge in [-0.25, -0.2) is 0 Å². The van der Waals surface area contributed by atoms with Crippen LogP contribution in [0.15, 0.2) is 28.7 Å². The van der Waals surface area contributed by atoms with E-state index in [0.717, 1.165) is 10.0 Å². The summed E-state index contributed by atoms with van der Waals surface area (Å²) >= 11 is 3.28. The number of alkyl halides is 3. The zero-order valence-electron chi connectivity index (χ0n) is 10.1. The summed E-state index contributed by atoms with van der Waals surface area (Å²) in [5, 5.41) is 2.56. The molecule has 0 saturated carbocycles. The Morgan fingerprint density at radius 3 is 2.47 bits per heavy atom. The standard InChI is InChI=1S/C12H13BrF3NO2/c1-8(9-2-4-10(13)5-3-9)17-11(18)6-19-7-12(14,15)16/h2-5,8H,6-7H2,1H3,(H,17,18). The number of benzene rings is 1. The highest BCUT2D eigenvalue weighted by Crippen LogP contribution is 2.17. The largest absolute Gasteiger partial charge is 0.411 e. The maximum absolute atomic E-state index is 11.8.